The van der Waals surface area contributed by atoms with Gasteiger partial charge in [0.15, 0.2) is 0 Å². The standard InChI is InChI=1S/C9H19NO2/c1-9(2)3-4-10-5-7-12-8-6-11/h10-11H,1,3-8H2,2H3. The van der Waals surface area contributed by atoms with Gasteiger partial charge in [0.2, 0.25) is 0 Å². The molecule has 72 valence electrons. The van der Waals surface area contributed by atoms with E-state index in [2.05, 4.69) is 11.9 Å². The van der Waals surface area contributed by atoms with Crippen molar-refractivity contribution in [3.63, 3.8) is 0 Å². The van der Waals surface area contributed by atoms with Gasteiger partial charge in [-0.1, -0.05) is 5.57 Å². The summed E-state index contributed by atoms with van der Waals surface area (Å²) in [6.07, 6.45) is 1.01. The molecule has 0 spiro atoms. The normalized spacial score (nSPS) is 10.2. The molecule has 0 aliphatic rings. The Kier molecular flexibility index (Phi) is 8.44. The Hall–Kier alpha value is -0.380. The molecule has 0 fully saturated rings. The van der Waals surface area contributed by atoms with Gasteiger partial charge in [-0.05, 0) is 19.9 Å². The first-order chi connectivity index (χ1) is 5.77. The summed E-state index contributed by atoms with van der Waals surface area (Å²) < 4.78 is 5.05. The maximum atomic E-state index is 8.38. The predicted octanol–water partition coefficient (Wildman–Crippen LogP) is 0.551. The average Bonchev–Trinajstić information content (AvgIpc) is 2.02. The molecular weight excluding hydrogens is 154 g/mol. The van der Waals surface area contributed by atoms with Gasteiger partial charge in [0, 0.05) is 6.54 Å². The number of nitrogens with one attached hydrogen (secondary N) is 1. The molecule has 0 atom stereocenters. The second-order valence-corrected chi connectivity index (χ2v) is 2.79. The molecule has 2 N–H and O–H groups in total. The molecule has 0 aromatic heterocycles. The fourth-order valence-electron chi connectivity index (χ4n) is 0.738. The Morgan fingerprint density at radius 3 is 2.75 bits per heavy atom. The molecule has 0 amide bonds. The predicted molar refractivity (Wildman–Crippen MR) is 50.2 cm³/mol. The third-order valence-corrected chi connectivity index (χ3v) is 1.39. The summed E-state index contributed by atoms with van der Waals surface area (Å²) in [5.74, 6) is 0. The van der Waals surface area contributed by atoms with Crippen LogP contribution < -0.4 is 5.32 Å². The van der Waals surface area contributed by atoms with Gasteiger partial charge in [0.25, 0.3) is 0 Å². The third-order valence-electron chi connectivity index (χ3n) is 1.39. The highest BCUT2D eigenvalue weighted by Gasteiger charge is 1.88. The summed E-state index contributed by atoms with van der Waals surface area (Å²) in [7, 11) is 0. The third kappa shape index (κ3) is 9.62. The van der Waals surface area contributed by atoms with Crippen molar-refractivity contribution in [2.24, 2.45) is 0 Å². The van der Waals surface area contributed by atoms with Crippen LogP contribution in [-0.2, 0) is 4.74 Å². The molecule has 0 aromatic carbocycles. The van der Waals surface area contributed by atoms with Crippen molar-refractivity contribution >= 4 is 0 Å². The summed E-state index contributed by atoms with van der Waals surface area (Å²) in [5.41, 5.74) is 1.19. The van der Waals surface area contributed by atoms with Crippen LogP contribution in [0.1, 0.15) is 13.3 Å². The van der Waals surface area contributed by atoms with E-state index in [1.54, 1.807) is 0 Å². The van der Waals surface area contributed by atoms with Gasteiger partial charge in [-0.3, -0.25) is 0 Å². The molecule has 12 heavy (non-hydrogen) atoms. The van der Waals surface area contributed by atoms with Crippen LogP contribution in [0.3, 0.4) is 0 Å². The van der Waals surface area contributed by atoms with Crippen molar-refractivity contribution in [3.05, 3.63) is 12.2 Å². The largest absolute Gasteiger partial charge is 0.394 e. The maximum Gasteiger partial charge on any atom is 0.0698 e. The minimum Gasteiger partial charge on any atom is -0.394 e. The van der Waals surface area contributed by atoms with Crippen LogP contribution in [0.4, 0.5) is 0 Å². The van der Waals surface area contributed by atoms with Gasteiger partial charge in [-0.15, -0.1) is 6.58 Å². The summed E-state index contributed by atoms with van der Waals surface area (Å²) in [6.45, 7) is 8.81. The number of aliphatic hydroxyl groups excluding tert-OH is 1. The van der Waals surface area contributed by atoms with Crippen molar-refractivity contribution in [1.29, 1.82) is 0 Å². The van der Waals surface area contributed by atoms with Crippen LogP contribution in [0.15, 0.2) is 12.2 Å². The van der Waals surface area contributed by atoms with Crippen LogP contribution in [0, 0.1) is 0 Å². The monoisotopic (exact) mass is 173 g/mol. The van der Waals surface area contributed by atoms with E-state index in [-0.39, 0.29) is 6.61 Å². The van der Waals surface area contributed by atoms with Crippen LogP contribution in [0.5, 0.6) is 0 Å². The first-order valence-corrected chi connectivity index (χ1v) is 4.31. The van der Waals surface area contributed by atoms with E-state index >= 15 is 0 Å². The summed E-state index contributed by atoms with van der Waals surface area (Å²) in [4.78, 5) is 0. The molecule has 0 aromatic rings. The lowest BCUT2D eigenvalue weighted by Crippen LogP contribution is -2.21. The van der Waals surface area contributed by atoms with E-state index in [1.165, 1.54) is 5.57 Å². The van der Waals surface area contributed by atoms with Crippen molar-refractivity contribution in [1.82, 2.24) is 5.32 Å². The Bertz CT molecular complexity index is 115. The second-order valence-electron chi connectivity index (χ2n) is 2.79. The van der Waals surface area contributed by atoms with Crippen LogP contribution in [0.2, 0.25) is 0 Å². The number of ether oxygens (including phenoxy) is 1. The van der Waals surface area contributed by atoms with E-state index in [0.717, 1.165) is 19.5 Å². The molecule has 0 rings (SSSR count). The van der Waals surface area contributed by atoms with E-state index in [4.69, 9.17) is 9.84 Å². The van der Waals surface area contributed by atoms with Gasteiger partial charge in [-0.25, -0.2) is 0 Å². The number of aliphatic hydroxyl groups is 1. The minimum atomic E-state index is 0.103. The smallest absolute Gasteiger partial charge is 0.0698 e. The Morgan fingerprint density at radius 1 is 1.42 bits per heavy atom. The Labute approximate surface area is 74.4 Å². The van der Waals surface area contributed by atoms with E-state index in [1.807, 2.05) is 6.92 Å². The van der Waals surface area contributed by atoms with Crippen molar-refractivity contribution < 1.29 is 9.84 Å². The van der Waals surface area contributed by atoms with Gasteiger partial charge < -0.3 is 15.2 Å². The molecule has 0 heterocycles. The van der Waals surface area contributed by atoms with Crippen LogP contribution in [-0.4, -0.2) is 38.0 Å². The van der Waals surface area contributed by atoms with Gasteiger partial charge >= 0.3 is 0 Å². The highest BCUT2D eigenvalue weighted by molar-refractivity contribution is 4.87. The lowest BCUT2D eigenvalue weighted by atomic mass is 10.2. The molecule has 0 radical (unpaired) electrons. The highest BCUT2D eigenvalue weighted by Crippen LogP contribution is 1.91. The van der Waals surface area contributed by atoms with Crippen LogP contribution in [0.25, 0.3) is 0 Å². The van der Waals surface area contributed by atoms with E-state index in [9.17, 15) is 0 Å². The first-order valence-electron chi connectivity index (χ1n) is 4.31. The SMILES string of the molecule is C=C(C)CCNCCOCCO. The molecule has 0 bridgehead atoms. The number of rotatable bonds is 8. The fraction of sp³-hybridized carbons (Fsp3) is 0.778. The zero-order chi connectivity index (χ0) is 9.23. The van der Waals surface area contributed by atoms with Crippen molar-refractivity contribution in [3.8, 4) is 0 Å². The summed E-state index contributed by atoms with van der Waals surface area (Å²) in [5, 5.41) is 11.6. The Morgan fingerprint density at radius 2 is 2.17 bits per heavy atom. The van der Waals surface area contributed by atoms with E-state index in [0.29, 0.717) is 13.2 Å². The zero-order valence-electron chi connectivity index (χ0n) is 7.81. The lowest BCUT2D eigenvalue weighted by molar-refractivity contribution is 0.0940. The van der Waals surface area contributed by atoms with Crippen molar-refractivity contribution in [2.75, 3.05) is 32.9 Å². The van der Waals surface area contributed by atoms with Gasteiger partial charge in [0.05, 0.1) is 19.8 Å². The minimum absolute atomic E-state index is 0.103. The quantitative estimate of drug-likeness (QED) is 0.416. The second kappa shape index (κ2) is 8.71. The van der Waals surface area contributed by atoms with Gasteiger partial charge in [-0.2, -0.15) is 0 Å². The molecule has 0 saturated heterocycles. The number of hydrogen-bond donors (Lipinski definition) is 2. The van der Waals surface area contributed by atoms with Crippen molar-refractivity contribution in [2.45, 2.75) is 13.3 Å². The topological polar surface area (TPSA) is 41.5 Å². The van der Waals surface area contributed by atoms with Gasteiger partial charge in [0.1, 0.15) is 0 Å². The Balaban J connectivity index is 2.86. The maximum absolute atomic E-state index is 8.38. The highest BCUT2D eigenvalue weighted by atomic mass is 16.5. The summed E-state index contributed by atoms with van der Waals surface area (Å²) >= 11 is 0. The van der Waals surface area contributed by atoms with E-state index < -0.39 is 0 Å². The summed E-state index contributed by atoms with van der Waals surface area (Å²) in [6, 6.07) is 0. The molecule has 0 unspecified atom stereocenters. The molecular formula is C9H19NO2. The number of hydrogen-bond acceptors (Lipinski definition) is 3. The molecule has 0 aliphatic heterocycles. The molecule has 0 aliphatic carbocycles. The van der Waals surface area contributed by atoms with Crippen LogP contribution >= 0.6 is 0 Å². The average molecular weight is 173 g/mol. The molecule has 3 heteroatoms. The lowest BCUT2D eigenvalue weighted by Gasteiger charge is -2.04. The molecule has 3 nitrogen and oxygen atoms in total. The first kappa shape index (κ1) is 11.6. The fourth-order valence-corrected chi connectivity index (χ4v) is 0.738. The molecule has 0 saturated carbocycles. The zero-order valence-corrected chi connectivity index (χ0v) is 7.81.